The van der Waals surface area contributed by atoms with Crippen molar-refractivity contribution in [2.24, 2.45) is 0 Å². The van der Waals surface area contributed by atoms with Gasteiger partial charge in [0.2, 0.25) is 0 Å². The van der Waals surface area contributed by atoms with Gasteiger partial charge in [-0.05, 0) is 102 Å². The molecule has 0 heterocycles. The smallest absolute Gasteiger partial charge is 0.186 e. The average Bonchev–Trinajstić information content (AvgIpc) is 3.43. The standard InChI is InChI=1S/C62H45NO8.C2H6/c1-35-17-8-11-25-41(35)46-32-31-40(34-49(46)50(37-19-4-2-5-20-37)38-21-6-3-7-22-38)63(53-59(68)55(64)51(56(65)60(53)69)47-30-16-24-36-18-9-12-26-42(36)47)54-61(70)57(66)52(58(67)62(54)71)48-33-39-23-10-13-27-43(39)44-28-14-15-29-45(44)48;1-2/h2-34,50,64-71H,1H3;1-2H3. The third-order valence-electron chi connectivity index (χ3n) is 13.6. The van der Waals surface area contributed by atoms with Gasteiger partial charge in [-0.3, -0.25) is 4.90 Å². The first-order valence-electron chi connectivity index (χ1n) is 24.0. The number of aromatic hydroxyl groups is 8. The highest BCUT2D eigenvalue weighted by Crippen LogP contribution is 2.64. The fourth-order valence-corrected chi connectivity index (χ4v) is 10.3. The summed E-state index contributed by atoms with van der Waals surface area (Å²) in [6.45, 7) is 6.00. The number of nitrogens with zero attached hydrogens (tertiary/aromatic N) is 1. The minimum atomic E-state index is -0.962. The quantitative estimate of drug-likeness (QED) is 0.0304. The average molecular weight is 962 g/mol. The van der Waals surface area contributed by atoms with Gasteiger partial charge in [-0.15, -0.1) is 0 Å². The van der Waals surface area contributed by atoms with Crippen molar-refractivity contribution in [1.82, 2.24) is 0 Å². The molecule has 0 amide bonds. The Balaban J connectivity index is 0.00000302. The van der Waals surface area contributed by atoms with E-state index < -0.39 is 63.3 Å². The molecule has 0 bridgehead atoms. The number of hydrogen-bond acceptors (Lipinski definition) is 9. The van der Waals surface area contributed by atoms with E-state index in [4.69, 9.17) is 0 Å². The summed E-state index contributed by atoms with van der Waals surface area (Å²) in [5.41, 5.74) is 3.84. The summed E-state index contributed by atoms with van der Waals surface area (Å²) in [6, 6.07) is 61.8. The number of anilines is 3. The molecule has 0 saturated heterocycles. The van der Waals surface area contributed by atoms with Crippen LogP contribution in [0, 0.1) is 6.92 Å². The predicted octanol–water partition coefficient (Wildman–Crippen LogP) is 15.8. The van der Waals surface area contributed by atoms with E-state index in [1.54, 1.807) is 54.6 Å². The zero-order valence-corrected chi connectivity index (χ0v) is 40.2. The summed E-state index contributed by atoms with van der Waals surface area (Å²) in [4.78, 5) is 1.02. The van der Waals surface area contributed by atoms with E-state index in [0.717, 1.165) is 54.3 Å². The third kappa shape index (κ3) is 7.93. The molecular weight excluding hydrogens is 911 g/mol. The van der Waals surface area contributed by atoms with Gasteiger partial charge in [0.15, 0.2) is 46.0 Å². The first-order chi connectivity index (χ1) is 35.5. The maximum absolute atomic E-state index is 12.5. The maximum atomic E-state index is 12.5. The molecule has 0 aromatic heterocycles. The summed E-state index contributed by atoms with van der Waals surface area (Å²) in [5, 5.41) is 103. The highest BCUT2D eigenvalue weighted by molar-refractivity contribution is 6.15. The van der Waals surface area contributed by atoms with E-state index in [0.29, 0.717) is 16.3 Å². The Hall–Kier alpha value is -9.60. The molecule has 11 rings (SSSR count). The zero-order chi connectivity index (χ0) is 51.1. The van der Waals surface area contributed by atoms with E-state index in [2.05, 4.69) is 0 Å². The molecule has 0 aliphatic carbocycles. The molecule has 0 spiro atoms. The number of fused-ring (bicyclic) bond motifs is 4. The molecule has 0 aliphatic rings. The Labute approximate surface area is 421 Å². The first kappa shape index (κ1) is 47.1. The molecule has 0 aliphatic heterocycles. The molecule has 8 N–H and O–H groups in total. The highest BCUT2D eigenvalue weighted by Gasteiger charge is 2.37. The molecule has 0 atom stereocenters. The fraction of sp³-hybridized carbons (Fsp3) is 0.0625. The monoisotopic (exact) mass is 961 g/mol. The van der Waals surface area contributed by atoms with E-state index >= 15 is 0 Å². The van der Waals surface area contributed by atoms with Crippen LogP contribution in [0.25, 0.3) is 65.7 Å². The van der Waals surface area contributed by atoms with Crippen molar-refractivity contribution in [3.8, 4) is 79.4 Å². The highest BCUT2D eigenvalue weighted by atomic mass is 16.3. The summed E-state index contributed by atoms with van der Waals surface area (Å²) < 4.78 is 0. The lowest BCUT2D eigenvalue weighted by atomic mass is 9.80. The van der Waals surface area contributed by atoms with Crippen molar-refractivity contribution < 1.29 is 40.9 Å². The normalized spacial score (nSPS) is 11.2. The molecule has 0 saturated carbocycles. The van der Waals surface area contributed by atoms with Crippen LogP contribution in [-0.2, 0) is 0 Å². The molecule has 11 aromatic rings. The molecular formula is C64H51NO8. The first-order valence-corrected chi connectivity index (χ1v) is 24.0. The van der Waals surface area contributed by atoms with Crippen LogP contribution in [0.1, 0.15) is 42.0 Å². The second kappa shape index (κ2) is 19.3. The van der Waals surface area contributed by atoms with Crippen molar-refractivity contribution in [2.75, 3.05) is 4.90 Å². The molecule has 360 valence electrons. The fourth-order valence-electron chi connectivity index (χ4n) is 10.3. The van der Waals surface area contributed by atoms with E-state index in [1.165, 1.54) is 0 Å². The van der Waals surface area contributed by atoms with Gasteiger partial charge in [0, 0.05) is 11.6 Å². The van der Waals surface area contributed by atoms with Crippen LogP contribution >= 0.6 is 0 Å². The SMILES string of the molecule is CC.Cc1ccccc1-c1ccc(N(c2c(O)c(O)c(-c3cccc4ccccc34)c(O)c2O)c2c(O)c(O)c(-c3cc4ccccc4c4ccccc34)c(O)c2O)cc1C(c1ccccc1)c1ccccc1. The Kier molecular flexibility index (Phi) is 12.5. The maximum Gasteiger partial charge on any atom is 0.186 e. The molecule has 0 radical (unpaired) electrons. The van der Waals surface area contributed by atoms with Crippen molar-refractivity contribution in [1.29, 1.82) is 0 Å². The second-order valence-corrected chi connectivity index (χ2v) is 17.6. The number of phenols is 8. The van der Waals surface area contributed by atoms with Gasteiger partial charge >= 0.3 is 0 Å². The van der Waals surface area contributed by atoms with Gasteiger partial charge in [0.25, 0.3) is 0 Å². The van der Waals surface area contributed by atoms with Crippen molar-refractivity contribution in [3.05, 3.63) is 222 Å². The Morgan fingerprint density at radius 2 is 0.767 bits per heavy atom. The number of benzene rings is 11. The summed E-state index contributed by atoms with van der Waals surface area (Å²) in [5.74, 6) is -7.69. The van der Waals surface area contributed by atoms with E-state index in [-0.39, 0.29) is 27.9 Å². The summed E-state index contributed by atoms with van der Waals surface area (Å²) in [7, 11) is 0. The van der Waals surface area contributed by atoms with Gasteiger partial charge in [0.1, 0.15) is 11.4 Å². The molecule has 0 fully saturated rings. The van der Waals surface area contributed by atoms with Crippen molar-refractivity contribution in [3.63, 3.8) is 0 Å². The Morgan fingerprint density at radius 3 is 1.34 bits per heavy atom. The lowest BCUT2D eigenvalue weighted by molar-refractivity contribution is 0.372. The van der Waals surface area contributed by atoms with Crippen molar-refractivity contribution in [2.45, 2.75) is 26.7 Å². The van der Waals surface area contributed by atoms with Gasteiger partial charge in [0.05, 0.1) is 11.1 Å². The topological polar surface area (TPSA) is 165 Å². The number of phenolic OH excluding ortho intramolecular Hbond substituents is 8. The molecule has 11 aromatic carbocycles. The molecule has 0 unspecified atom stereocenters. The van der Waals surface area contributed by atoms with E-state index in [1.807, 2.05) is 166 Å². The van der Waals surface area contributed by atoms with Crippen LogP contribution in [0.2, 0.25) is 0 Å². The second-order valence-electron chi connectivity index (χ2n) is 17.6. The molecule has 9 heteroatoms. The number of hydrogen-bond donors (Lipinski definition) is 8. The molecule has 9 nitrogen and oxygen atoms in total. The number of aryl methyl sites for hydroxylation is 1. The van der Waals surface area contributed by atoms with Gasteiger partial charge in [-0.25, -0.2) is 0 Å². The Bertz CT molecular complexity index is 3790. The van der Waals surface area contributed by atoms with Crippen LogP contribution in [0.3, 0.4) is 0 Å². The predicted molar refractivity (Wildman–Crippen MR) is 293 cm³/mol. The summed E-state index contributed by atoms with van der Waals surface area (Å²) in [6.07, 6.45) is 0. The van der Waals surface area contributed by atoms with Gasteiger partial charge in [-0.1, -0.05) is 196 Å². The molecule has 73 heavy (non-hydrogen) atoms. The van der Waals surface area contributed by atoms with Crippen molar-refractivity contribution >= 4 is 49.4 Å². The van der Waals surface area contributed by atoms with Crippen LogP contribution in [0.15, 0.2) is 200 Å². The minimum absolute atomic E-state index is 0.0600. The minimum Gasteiger partial charge on any atom is -0.504 e. The summed E-state index contributed by atoms with van der Waals surface area (Å²) >= 11 is 0. The number of rotatable bonds is 9. The lowest BCUT2D eigenvalue weighted by Gasteiger charge is -2.32. The van der Waals surface area contributed by atoms with Crippen LogP contribution < -0.4 is 4.90 Å². The Morgan fingerprint density at radius 1 is 0.329 bits per heavy atom. The van der Waals surface area contributed by atoms with E-state index in [9.17, 15) is 40.9 Å². The lowest BCUT2D eigenvalue weighted by Crippen LogP contribution is -2.14. The van der Waals surface area contributed by atoms with Crippen LogP contribution in [-0.4, -0.2) is 40.9 Å². The van der Waals surface area contributed by atoms with Crippen LogP contribution in [0.5, 0.6) is 46.0 Å². The largest absolute Gasteiger partial charge is 0.504 e. The van der Waals surface area contributed by atoms with Gasteiger partial charge in [-0.2, -0.15) is 0 Å². The van der Waals surface area contributed by atoms with Gasteiger partial charge < -0.3 is 40.9 Å². The van der Waals surface area contributed by atoms with Crippen LogP contribution in [0.4, 0.5) is 17.1 Å². The third-order valence-corrected chi connectivity index (χ3v) is 13.6. The zero-order valence-electron chi connectivity index (χ0n) is 40.2.